The first kappa shape index (κ1) is 9.93. The molecular weight excluding hydrogens is 293 g/mol. The summed E-state index contributed by atoms with van der Waals surface area (Å²) in [5, 5.41) is 12.9. The molecule has 14 heavy (non-hydrogen) atoms. The average Bonchev–Trinajstić information content (AvgIpc) is 2.61. The normalized spacial score (nSPS) is 21.9. The summed E-state index contributed by atoms with van der Waals surface area (Å²) in [6.45, 7) is 0.795. The Morgan fingerprint density at radius 3 is 3.07 bits per heavy atom. The molecular formula is C9H10IN3O. The Bertz CT molecular complexity index is 363. The average molecular weight is 303 g/mol. The molecule has 1 aromatic rings. The molecule has 0 amide bonds. The third kappa shape index (κ3) is 1.91. The van der Waals surface area contributed by atoms with E-state index in [1.54, 1.807) is 4.68 Å². The highest BCUT2D eigenvalue weighted by molar-refractivity contribution is 14.1. The van der Waals surface area contributed by atoms with E-state index in [4.69, 9.17) is 10.00 Å². The van der Waals surface area contributed by atoms with Crippen molar-refractivity contribution in [1.29, 1.82) is 5.26 Å². The van der Waals surface area contributed by atoms with E-state index in [1.807, 2.05) is 6.20 Å². The summed E-state index contributed by atoms with van der Waals surface area (Å²) in [6.07, 6.45) is 5.18. The highest BCUT2D eigenvalue weighted by Crippen LogP contribution is 2.23. The Hall–Kier alpha value is -0.610. The minimum absolute atomic E-state index is 0.0272. The number of hydrogen-bond donors (Lipinski definition) is 0. The quantitative estimate of drug-likeness (QED) is 0.746. The Morgan fingerprint density at radius 2 is 2.50 bits per heavy atom. The van der Waals surface area contributed by atoms with Crippen LogP contribution in [0.2, 0.25) is 0 Å². The van der Waals surface area contributed by atoms with E-state index in [2.05, 4.69) is 33.8 Å². The maximum absolute atomic E-state index is 8.76. The lowest BCUT2D eigenvalue weighted by Gasteiger charge is -2.22. The van der Waals surface area contributed by atoms with Crippen molar-refractivity contribution < 1.29 is 4.74 Å². The first-order valence-corrected chi connectivity index (χ1v) is 5.65. The highest BCUT2D eigenvalue weighted by atomic mass is 127. The molecule has 5 heteroatoms. The van der Waals surface area contributed by atoms with Gasteiger partial charge in [0.15, 0.2) is 5.69 Å². The van der Waals surface area contributed by atoms with Gasteiger partial charge in [-0.1, -0.05) is 0 Å². The zero-order valence-corrected chi connectivity index (χ0v) is 9.77. The predicted molar refractivity (Wildman–Crippen MR) is 58.5 cm³/mol. The zero-order valence-electron chi connectivity index (χ0n) is 7.61. The van der Waals surface area contributed by atoms with E-state index >= 15 is 0 Å². The minimum atomic E-state index is 0.0272. The van der Waals surface area contributed by atoms with Crippen molar-refractivity contribution in [2.45, 2.75) is 25.5 Å². The number of hydrogen-bond acceptors (Lipinski definition) is 3. The van der Waals surface area contributed by atoms with Crippen molar-refractivity contribution in [3.63, 3.8) is 0 Å². The summed E-state index contributed by atoms with van der Waals surface area (Å²) in [4.78, 5) is 0. The molecule has 1 aliphatic heterocycles. The molecule has 0 saturated carbocycles. The Morgan fingerprint density at radius 1 is 1.64 bits per heavy atom. The SMILES string of the molecule is N#Cc1nn(C2CCCCO2)cc1I. The van der Waals surface area contributed by atoms with Crippen LogP contribution in [0.4, 0.5) is 0 Å². The second kappa shape index (κ2) is 4.28. The minimum Gasteiger partial charge on any atom is -0.357 e. The van der Waals surface area contributed by atoms with Gasteiger partial charge in [-0.2, -0.15) is 10.4 Å². The van der Waals surface area contributed by atoms with E-state index in [0.29, 0.717) is 5.69 Å². The molecule has 1 saturated heterocycles. The number of ether oxygens (including phenoxy) is 1. The van der Waals surface area contributed by atoms with Crippen LogP contribution in [0.5, 0.6) is 0 Å². The number of halogens is 1. The Labute approximate surface area is 96.0 Å². The molecule has 0 aliphatic carbocycles. The predicted octanol–water partition coefficient (Wildman–Crippen LogP) is 2.06. The molecule has 1 aliphatic rings. The van der Waals surface area contributed by atoms with Crippen molar-refractivity contribution in [2.75, 3.05) is 6.61 Å². The fourth-order valence-electron chi connectivity index (χ4n) is 1.53. The molecule has 0 aromatic carbocycles. The molecule has 1 aromatic heterocycles. The molecule has 74 valence electrons. The summed E-state index contributed by atoms with van der Waals surface area (Å²) < 4.78 is 8.22. The van der Waals surface area contributed by atoms with Crippen molar-refractivity contribution in [2.24, 2.45) is 0 Å². The van der Waals surface area contributed by atoms with Crippen LogP contribution in [0, 0.1) is 14.9 Å². The van der Waals surface area contributed by atoms with Crippen LogP contribution in [0.1, 0.15) is 31.2 Å². The number of aromatic nitrogens is 2. The second-order valence-electron chi connectivity index (χ2n) is 3.24. The first-order valence-electron chi connectivity index (χ1n) is 4.57. The van der Waals surface area contributed by atoms with E-state index < -0.39 is 0 Å². The molecule has 4 nitrogen and oxygen atoms in total. The monoisotopic (exact) mass is 303 g/mol. The van der Waals surface area contributed by atoms with Gasteiger partial charge in [-0.05, 0) is 41.9 Å². The molecule has 0 spiro atoms. The molecule has 1 atom stereocenters. The van der Waals surface area contributed by atoms with Crippen molar-refractivity contribution in [3.05, 3.63) is 15.5 Å². The van der Waals surface area contributed by atoms with Crippen LogP contribution in [-0.4, -0.2) is 16.4 Å². The summed E-state index contributed by atoms with van der Waals surface area (Å²) in [7, 11) is 0. The van der Waals surface area contributed by atoms with Gasteiger partial charge in [-0.3, -0.25) is 0 Å². The van der Waals surface area contributed by atoms with Gasteiger partial charge in [0.1, 0.15) is 12.3 Å². The van der Waals surface area contributed by atoms with Crippen LogP contribution in [-0.2, 0) is 4.74 Å². The van der Waals surface area contributed by atoms with Gasteiger partial charge >= 0.3 is 0 Å². The van der Waals surface area contributed by atoms with Gasteiger partial charge in [0.2, 0.25) is 0 Å². The zero-order chi connectivity index (χ0) is 9.97. The van der Waals surface area contributed by atoms with Crippen LogP contribution in [0.3, 0.4) is 0 Å². The van der Waals surface area contributed by atoms with E-state index in [9.17, 15) is 0 Å². The smallest absolute Gasteiger partial charge is 0.175 e. The summed E-state index contributed by atoms with van der Waals surface area (Å²) in [6, 6.07) is 2.06. The van der Waals surface area contributed by atoms with Crippen molar-refractivity contribution >= 4 is 22.6 Å². The van der Waals surface area contributed by atoms with E-state index in [-0.39, 0.29) is 6.23 Å². The van der Waals surface area contributed by atoms with Crippen LogP contribution in [0.15, 0.2) is 6.20 Å². The van der Waals surface area contributed by atoms with E-state index in [1.165, 1.54) is 6.42 Å². The third-order valence-electron chi connectivity index (χ3n) is 2.24. The highest BCUT2D eigenvalue weighted by Gasteiger charge is 2.18. The van der Waals surface area contributed by atoms with Crippen LogP contribution in [0.25, 0.3) is 0 Å². The lowest BCUT2D eigenvalue weighted by molar-refractivity contribution is -0.0395. The number of nitrogens with zero attached hydrogens (tertiary/aromatic N) is 3. The first-order chi connectivity index (χ1) is 6.81. The lowest BCUT2D eigenvalue weighted by atomic mass is 10.2. The number of nitriles is 1. The van der Waals surface area contributed by atoms with Gasteiger partial charge in [0.25, 0.3) is 0 Å². The number of rotatable bonds is 1. The molecule has 0 bridgehead atoms. The molecule has 2 heterocycles. The van der Waals surface area contributed by atoms with Crippen molar-refractivity contribution in [3.8, 4) is 6.07 Å². The topological polar surface area (TPSA) is 50.8 Å². The molecule has 1 unspecified atom stereocenters. The standard InChI is InChI=1S/C9H10IN3O/c10-7-6-13(12-8(7)5-11)9-3-1-2-4-14-9/h6,9H,1-4H2. The van der Waals surface area contributed by atoms with Gasteiger partial charge in [0, 0.05) is 12.8 Å². The maximum atomic E-state index is 8.76. The Balaban J connectivity index is 2.19. The van der Waals surface area contributed by atoms with Gasteiger partial charge in [0.05, 0.1) is 3.57 Å². The van der Waals surface area contributed by atoms with Gasteiger partial charge in [-0.15, -0.1) is 0 Å². The molecule has 2 rings (SSSR count). The fraction of sp³-hybridized carbons (Fsp3) is 0.556. The van der Waals surface area contributed by atoms with Gasteiger partial charge in [-0.25, -0.2) is 4.68 Å². The largest absolute Gasteiger partial charge is 0.357 e. The fourth-order valence-corrected chi connectivity index (χ4v) is 2.04. The van der Waals surface area contributed by atoms with E-state index in [0.717, 1.165) is 23.0 Å². The molecule has 0 N–H and O–H groups in total. The van der Waals surface area contributed by atoms with Crippen LogP contribution < -0.4 is 0 Å². The van der Waals surface area contributed by atoms with Gasteiger partial charge < -0.3 is 4.74 Å². The lowest BCUT2D eigenvalue weighted by Crippen LogP contribution is -2.18. The van der Waals surface area contributed by atoms with Crippen molar-refractivity contribution in [1.82, 2.24) is 9.78 Å². The van der Waals surface area contributed by atoms with Crippen LogP contribution >= 0.6 is 22.6 Å². The molecule has 1 fully saturated rings. The summed E-state index contributed by atoms with van der Waals surface area (Å²) >= 11 is 2.12. The molecule has 0 radical (unpaired) electrons. The summed E-state index contributed by atoms with van der Waals surface area (Å²) in [5.74, 6) is 0. The third-order valence-corrected chi connectivity index (χ3v) is 3.03. The second-order valence-corrected chi connectivity index (χ2v) is 4.40. The summed E-state index contributed by atoms with van der Waals surface area (Å²) in [5.41, 5.74) is 0.486. The maximum Gasteiger partial charge on any atom is 0.175 e. The Kier molecular flexibility index (Phi) is 3.03.